The van der Waals surface area contributed by atoms with E-state index in [-0.39, 0.29) is 16.8 Å². The van der Waals surface area contributed by atoms with Gasteiger partial charge in [0.1, 0.15) is 5.75 Å². The lowest BCUT2D eigenvalue weighted by Crippen LogP contribution is -2.30. The van der Waals surface area contributed by atoms with Crippen molar-refractivity contribution in [3.8, 4) is 17.1 Å². The zero-order valence-electron chi connectivity index (χ0n) is 15.7. The van der Waals surface area contributed by atoms with Crippen LogP contribution in [-0.4, -0.2) is 46.5 Å². The van der Waals surface area contributed by atoms with E-state index in [4.69, 9.17) is 16.3 Å². The van der Waals surface area contributed by atoms with Crippen LogP contribution in [0.3, 0.4) is 0 Å². The van der Waals surface area contributed by atoms with Crippen LogP contribution in [0.1, 0.15) is 31.4 Å². The highest BCUT2D eigenvalue weighted by Crippen LogP contribution is 2.38. The van der Waals surface area contributed by atoms with Crippen LogP contribution in [0.4, 0.5) is 0 Å². The molecule has 8 nitrogen and oxygen atoms in total. The van der Waals surface area contributed by atoms with Gasteiger partial charge in [-0.15, -0.1) is 10.2 Å². The van der Waals surface area contributed by atoms with E-state index in [0.717, 1.165) is 24.2 Å². The highest BCUT2D eigenvalue weighted by Gasteiger charge is 2.36. The predicted molar refractivity (Wildman–Crippen MR) is 108 cm³/mol. The molecule has 1 aliphatic rings. The molecule has 1 aliphatic heterocycles. The van der Waals surface area contributed by atoms with Gasteiger partial charge >= 0.3 is 0 Å². The summed E-state index contributed by atoms with van der Waals surface area (Å²) in [6.45, 7) is 2.97. The number of ether oxygens (including phenoxy) is 1. The fourth-order valence-corrected chi connectivity index (χ4v) is 5.47. The first kappa shape index (κ1) is 19.8. The molecule has 1 aromatic heterocycles. The number of nitrogens with zero attached hydrogens (tertiary/aromatic N) is 4. The summed E-state index contributed by atoms with van der Waals surface area (Å²) in [6, 6.07) is 11.9. The molecule has 2 heterocycles. The molecule has 0 radical (unpaired) electrons. The summed E-state index contributed by atoms with van der Waals surface area (Å²) in [7, 11) is -3.73. The first-order chi connectivity index (χ1) is 14.0. The number of hydrogen-bond acceptors (Lipinski definition) is 6. The number of aromatic nitrogens is 4. The standard InChI is InChI=1S/C19H20ClN5O3S/c1-2-28-14-7-5-13(6-8-14)18-4-3-11-25(18)29(26,27)15-9-10-17(20)16(12-15)19-21-23-24-22-19/h5-10,12,18H,2-4,11H2,1H3,(H,21,22,23,24). The topological polar surface area (TPSA) is 101 Å². The monoisotopic (exact) mass is 433 g/mol. The quantitative estimate of drug-likeness (QED) is 0.638. The summed E-state index contributed by atoms with van der Waals surface area (Å²) in [4.78, 5) is 0.152. The first-order valence-corrected chi connectivity index (χ1v) is 11.1. The molecule has 1 saturated heterocycles. The van der Waals surface area contributed by atoms with Crippen LogP contribution in [0.15, 0.2) is 47.4 Å². The Morgan fingerprint density at radius 2 is 2.03 bits per heavy atom. The van der Waals surface area contributed by atoms with Gasteiger partial charge in [0.2, 0.25) is 15.8 Å². The maximum Gasteiger partial charge on any atom is 0.243 e. The molecular weight excluding hydrogens is 414 g/mol. The Labute approximate surface area is 173 Å². The average molecular weight is 434 g/mol. The van der Waals surface area contributed by atoms with Gasteiger partial charge < -0.3 is 4.74 Å². The van der Waals surface area contributed by atoms with Crippen molar-refractivity contribution < 1.29 is 13.2 Å². The molecule has 0 amide bonds. The number of tetrazole rings is 1. The predicted octanol–water partition coefficient (Wildman–Crippen LogP) is 3.44. The van der Waals surface area contributed by atoms with Crippen molar-refractivity contribution in [3.05, 3.63) is 53.1 Å². The lowest BCUT2D eigenvalue weighted by molar-refractivity contribution is 0.339. The van der Waals surface area contributed by atoms with Gasteiger partial charge in [-0.3, -0.25) is 0 Å². The summed E-state index contributed by atoms with van der Waals surface area (Å²) < 4.78 is 33.9. The summed E-state index contributed by atoms with van der Waals surface area (Å²) >= 11 is 6.22. The fraction of sp³-hybridized carbons (Fsp3) is 0.316. The van der Waals surface area contributed by atoms with E-state index in [1.807, 2.05) is 31.2 Å². The molecule has 1 atom stereocenters. The summed E-state index contributed by atoms with van der Waals surface area (Å²) in [5, 5.41) is 14.0. The van der Waals surface area contributed by atoms with E-state index in [0.29, 0.717) is 23.7 Å². The van der Waals surface area contributed by atoms with Crippen molar-refractivity contribution in [2.75, 3.05) is 13.2 Å². The Balaban J connectivity index is 1.67. The number of nitrogens with one attached hydrogen (secondary N) is 1. The Kier molecular flexibility index (Phi) is 5.53. The van der Waals surface area contributed by atoms with Crippen molar-refractivity contribution in [2.45, 2.75) is 30.7 Å². The van der Waals surface area contributed by atoms with Gasteiger partial charge in [-0.25, -0.2) is 8.42 Å². The van der Waals surface area contributed by atoms with E-state index in [1.165, 1.54) is 12.1 Å². The van der Waals surface area contributed by atoms with E-state index >= 15 is 0 Å². The minimum absolute atomic E-state index is 0.152. The molecule has 1 fully saturated rings. The second-order valence-electron chi connectivity index (χ2n) is 6.65. The summed E-state index contributed by atoms with van der Waals surface area (Å²) in [5.41, 5.74) is 1.36. The lowest BCUT2D eigenvalue weighted by Gasteiger charge is -2.25. The van der Waals surface area contributed by atoms with Crippen molar-refractivity contribution in [3.63, 3.8) is 0 Å². The zero-order valence-corrected chi connectivity index (χ0v) is 17.3. The molecule has 3 aromatic rings. The van der Waals surface area contributed by atoms with Crippen LogP contribution < -0.4 is 4.74 Å². The molecule has 0 aliphatic carbocycles. The van der Waals surface area contributed by atoms with Gasteiger partial charge in [0.15, 0.2) is 0 Å². The maximum atomic E-state index is 13.4. The molecule has 1 unspecified atom stereocenters. The summed E-state index contributed by atoms with van der Waals surface area (Å²) in [6.07, 6.45) is 1.56. The molecular formula is C19H20ClN5O3S. The number of aromatic amines is 1. The van der Waals surface area contributed by atoms with E-state index in [9.17, 15) is 8.42 Å². The largest absolute Gasteiger partial charge is 0.494 e. The van der Waals surface area contributed by atoms with Crippen molar-refractivity contribution >= 4 is 21.6 Å². The lowest BCUT2D eigenvalue weighted by atomic mass is 10.1. The highest BCUT2D eigenvalue weighted by atomic mass is 35.5. The van der Waals surface area contributed by atoms with Crippen LogP contribution in [0.5, 0.6) is 5.75 Å². The van der Waals surface area contributed by atoms with E-state index in [1.54, 1.807) is 10.4 Å². The van der Waals surface area contributed by atoms with E-state index in [2.05, 4.69) is 20.6 Å². The van der Waals surface area contributed by atoms with Gasteiger partial charge in [-0.1, -0.05) is 23.7 Å². The molecule has 10 heteroatoms. The number of benzene rings is 2. The van der Waals surface area contributed by atoms with Gasteiger partial charge in [0, 0.05) is 12.1 Å². The second-order valence-corrected chi connectivity index (χ2v) is 8.95. The van der Waals surface area contributed by atoms with Gasteiger partial charge in [-0.05, 0) is 60.9 Å². The fourth-order valence-electron chi connectivity index (χ4n) is 3.56. The van der Waals surface area contributed by atoms with Crippen LogP contribution in [0.2, 0.25) is 5.02 Å². The average Bonchev–Trinajstić information content (AvgIpc) is 3.41. The van der Waals surface area contributed by atoms with Crippen molar-refractivity contribution in [2.24, 2.45) is 0 Å². The molecule has 152 valence electrons. The van der Waals surface area contributed by atoms with Crippen molar-refractivity contribution in [1.82, 2.24) is 24.9 Å². The van der Waals surface area contributed by atoms with Gasteiger partial charge in [0.05, 0.1) is 22.6 Å². The zero-order chi connectivity index (χ0) is 20.4. The third kappa shape index (κ3) is 3.85. The molecule has 0 saturated carbocycles. The smallest absolute Gasteiger partial charge is 0.243 e. The Morgan fingerprint density at radius 1 is 1.24 bits per heavy atom. The minimum Gasteiger partial charge on any atom is -0.494 e. The first-order valence-electron chi connectivity index (χ1n) is 9.28. The molecule has 1 N–H and O–H groups in total. The Hall–Kier alpha value is -2.49. The minimum atomic E-state index is -3.73. The highest BCUT2D eigenvalue weighted by molar-refractivity contribution is 7.89. The van der Waals surface area contributed by atoms with Gasteiger partial charge in [-0.2, -0.15) is 9.52 Å². The van der Waals surface area contributed by atoms with Crippen molar-refractivity contribution in [1.29, 1.82) is 0 Å². The Morgan fingerprint density at radius 3 is 2.72 bits per heavy atom. The number of sulfonamides is 1. The summed E-state index contributed by atoms with van der Waals surface area (Å²) in [5.74, 6) is 1.02. The molecule has 0 spiro atoms. The van der Waals surface area contributed by atoms with Crippen LogP contribution >= 0.6 is 11.6 Å². The third-order valence-corrected chi connectivity index (χ3v) is 7.14. The molecule has 0 bridgehead atoms. The number of H-pyrrole nitrogens is 1. The second kappa shape index (κ2) is 8.10. The SMILES string of the molecule is CCOc1ccc(C2CCCN2S(=O)(=O)c2ccc(Cl)c(-c3nn[nH]n3)c2)cc1. The molecule has 29 heavy (non-hydrogen) atoms. The maximum absolute atomic E-state index is 13.4. The third-order valence-electron chi connectivity index (χ3n) is 4.91. The van der Waals surface area contributed by atoms with Crippen LogP contribution in [0, 0.1) is 0 Å². The Bertz CT molecular complexity index is 1090. The number of halogens is 1. The van der Waals surface area contributed by atoms with Gasteiger partial charge in [0.25, 0.3) is 0 Å². The van der Waals surface area contributed by atoms with Crippen LogP contribution in [0.25, 0.3) is 11.4 Å². The van der Waals surface area contributed by atoms with E-state index < -0.39 is 10.0 Å². The number of hydrogen-bond donors (Lipinski definition) is 1. The van der Waals surface area contributed by atoms with Crippen LogP contribution in [-0.2, 0) is 10.0 Å². The normalized spacial score (nSPS) is 17.5. The number of rotatable bonds is 6. The molecule has 2 aromatic carbocycles. The molecule has 4 rings (SSSR count).